The summed E-state index contributed by atoms with van der Waals surface area (Å²) in [6.45, 7) is 12.6. The fourth-order valence-electron chi connectivity index (χ4n) is 3.51. The maximum atomic E-state index is 3.73. The lowest BCUT2D eigenvalue weighted by molar-refractivity contribution is 0.226. The first-order valence-corrected chi connectivity index (χ1v) is 8.17. The molecule has 1 aromatic carbocycles. The van der Waals surface area contributed by atoms with Gasteiger partial charge in [0, 0.05) is 5.54 Å². The van der Waals surface area contributed by atoms with Gasteiger partial charge in [-0.15, -0.1) is 0 Å². The lowest BCUT2D eigenvalue weighted by Gasteiger charge is -2.37. The summed E-state index contributed by atoms with van der Waals surface area (Å²) in [5.41, 5.74) is 3.27. The molecule has 1 saturated carbocycles. The van der Waals surface area contributed by atoms with Gasteiger partial charge in [-0.2, -0.15) is 0 Å². The molecule has 1 aliphatic rings. The Bertz CT molecular complexity index is 430. The predicted octanol–water partition coefficient (Wildman–Crippen LogP) is 4.90. The van der Waals surface area contributed by atoms with Gasteiger partial charge >= 0.3 is 0 Å². The van der Waals surface area contributed by atoms with Crippen LogP contribution in [0, 0.1) is 18.8 Å². The number of benzene rings is 1. The van der Waals surface area contributed by atoms with Gasteiger partial charge in [-0.25, -0.2) is 0 Å². The summed E-state index contributed by atoms with van der Waals surface area (Å²) in [6, 6.07) is 8.98. The zero-order valence-electron chi connectivity index (χ0n) is 13.9. The first-order chi connectivity index (χ1) is 9.37. The topological polar surface area (TPSA) is 12.0 Å². The van der Waals surface area contributed by atoms with Gasteiger partial charge in [-0.05, 0) is 76.0 Å². The molecule has 0 bridgehead atoms. The highest BCUT2D eigenvalue weighted by Gasteiger charge is 2.31. The van der Waals surface area contributed by atoms with E-state index in [4.69, 9.17) is 0 Å². The minimum absolute atomic E-state index is 0.222. The van der Waals surface area contributed by atoms with E-state index < -0.39 is 0 Å². The Labute approximate surface area is 125 Å². The van der Waals surface area contributed by atoms with Crippen molar-refractivity contribution in [2.45, 2.75) is 65.3 Å². The highest BCUT2D eigenvalue weighted by Crippen LogP contribution is 2.41. The summed E-state index contributed by atoms with van der Waals surface area (Å²) in [5, 5.41) is 3.73. The normalized spacial score (nSPS) is 27.6. The summed E-state index contributed by atoms with van der Waals surface area (Å²) >= 11 is 0. The second-order valence-corrected chi connectivity index (χ2v) is 7.77. The zero-order valence-corrected chi connectivity index (χ0v) is 13.9. The molecule has 20 heavy (non-hydrogen) atoms. The van der Waals surface area contributed by atoms with Crippen LogP contribution in [-0.4, -0.2) is 12.1 Å². The third-order valence-electron chi connectivity index (χ3n) is 4.74. The molecule has 0 spiro atoms. The Hall–Kier alpha value is -0.820. The minimum Gasteiger partial charge on any atom is -0.312 e. The highest BCUT2D eigenvalue weighted by atomic mass is 14.9. The average Bonchev–Trinajstić information content (AvgIpc) is 2.37. The lowest BCUT2D eigenvalue weighted by atomic mass is 9.70. The number of hydrogen-bond donors (Lipinski definition) is 1. The van der Waals surface area contributed by atoms with Gasteiger partial charge < -0.3 is 5.32 Å². The molecule has 0 saturated heterocycles. The Balaban J connectivity index is 2.15. The van der Waals surface area contributed by atoms with Crippen LogP contribution in [0.2, 0.25) is 0 Å². The largest absolute Gasteiger partial charge is 0.312 e. The van der Waals surface area contributed by atoms with Gasteiger partial charge in [-0.1, -0.05) is 37.6 Å². The molecule has 0 amide bonds. The van der Waals surface area contributed by atoms with Crippen molar-refractivity contribution in [2.24, 2.45) is 11.8 Å². The van der Waals surface area contributed by atoms with E-state index >= 15 is 0 Å². The van der Waals surface area contributed by atoms with Gasteiger partial charge in [0.1, 0.15) is 0 Å². The summed E-state index contributed by atoms with van der Waals surface area (Å²) < 4.78 is 0. The van der Waals surface area contributed by atoms with Crippen molar-refractivity contribution >= 4 is 0 Å². The first kappa shape index (κ1) is 15.6. The van der Waals surface area contributed by atoms with E-state index in [-0.39, 0.29) is 5.54 Å². The minimum atomic E-state index is 0.222. The first-order valence-electron chi connectivity index (χ1n) is 8.17. The molecule has 2 rings (SSSR count). The fourth-order valence-corrected chi connectivity index (χ4v) is 3.51. The van der Waals surface area contributed by atoms with E-state index in [0.717, 1.165) is 24.3 Å². The van der Waals surface area contributed by atoms with Gasteiger partial charge in [0.15, 0.2) is 0 Å². The second kappa shape index (κ2) is 6.30. The van der Waals surface area contributed by atoms with Crippen LogP contribution in [0.3, 0.4) is 0 Å². The van der Waals surface area contributed by atoms with E-state index in [1.807, 2.05) is 0 Å². The molecule has 1 aliphatic carbocycles. The summed E-state index contributed by atoms with van der Waals surface area (Å²) in [6.07, 6.45) is 4.10. The lowest BCUT2D eigenvalue weighted by Crippen LogP contribution is -2.41. The maximum absolute atomic E-state index is 3.73. The van der Waals surface area contributed by atoms with E-state index in [1.54, 1.807) is 5.56 Å². The van der Waals surface area contributed by atoms with Crippen molar-refractivity contribution in [1.82, 2.24) is 5.32 Å². The quantitative estimate of drug-likeness (QED) is 0.825. The molecule has 3 atom stereocenters. The van der Waals surface area contributed by atoms with Crippen molar-refractivity contribution < 1.29 is 0 Å². The van der Waals surface area contributed by atoms with Crippen molar-refractivity contribution in [3.63, 3.8) is 0 Å². The number of hydrogen-bond acceptors (Lipinski definition) is 1. The molecule has 1 aromatic rings. The summed E-state index contributed by atoms with van der Waals surface area (Å²) in [7, 11) is 0. The van der Waals surface area contributed by atoms with E-state index in [1.165, 1.54) is 24.8 Å². The fraction of sp³-hybridized carbons (Fsp3) is 0.684. The second-order valence-electron chi connectivity index (χ2n) is 7.77. The Morgan fingerprint density at radius 2 is 1.85 bits per heavy atom. The summed E-state index contributed by atoms with van der Waals surface area (Å²) in [4.78, 5) is 0. The molecule has 112 valence electrons. The Morgan fingerprint density at radius 3 is 2.50 bits per heavy atom. The average molecular weight is 273 g/mol. The molecule has 1 fully saturated rings. The Morgan fingerprint density at radius 1 is 1.15 bits per heavy atom. The van der Waals surface area contributed by atoms with Crippen LogP contribution >= 0.6 is 0 Å². The zero-order chi connectivity index (χ0) is 14.8. The van der Waals surface area contributed by atoms with E-state index in [0.29, 0.717) is 0 Å². The highest BCUT2D eigenvalue weighted by molar-refractivity contribution is 5.30. The molecule has 1 nitrogen and oxygen atoms in total. The molecule has 0 aliphatic heterocycles. The number of aryl methyl sites for hydroxylation is 1. The van der Waals surface area contributed by atoms with Crippen LogP contribution in [0.4, 0.5) is 0 Å². The molecular weight excluding hydrogens is 242 g/mol. The van der Waals surface area contributed by atoms with Crippen LogP contribution in [0.25, 0.3) is 0 Å². The van der Waals surface area contributed by atoms with Crippen LogP contribution in [-0.2, 0) is 0 Å². The molecular formula is C19H31N. The molecule has 0 aromatic heterocycles. The predicted molar refractivity (Wildman–Crippen MR) is 88.2 cm³/mol. The van der Waals surface area contributed by atoms with Crippen LogP contribution in [0.1, 0.15) is 64.0 Å². The molecule has 1 N–H and O–H groups in total. The van der Waals surface area contributed by atoms with Gasteiger partial charge in [0.2, 0.25) is 0 Å². The monoisotopic (exact) mass is 273 g/mol. The third-order valence-corrected chi connectivity index (χ3v) is 4.74. The van der Waals surface area contributed by atoms with Crippen molar-refractivity contribution in [3.8, 4) is 0 Å². The smallest absolute Gasteiger partial charge is 0.00966 e. The van der Waals surface area contributed by atoms with Gasteiger partial charge in [0.25, 0.3) is 0 Å². The standard InChI is InChI=1S/C19H31N/c1-14-10-11-16(13-20-19(3,4)5)18(12-14)17-9-7-6-8-15(17)2/h6-9,14,16,18,20H,10-13H2,1-5H3. The maximum Gasteiger partial charge on any atom is 0.00966 e. The SMILES string of the molecule is Cc1ccccc1C1CC(C)CCC1CNC(C)(C)C. The van der Waals surface area contributed by atoms with Crippen LogP contribution in [0.15, 0.2) is 24.3 Å². The van der Waals surface area contributed by atoms with E-state index in [9.17, 15) is 0 Å². The molecule has 1 heteroatoms. The summed E-state index contributed by atoms with van der Waals surface area (Å²) in [5.74, 6) is 2.38. The molecule has 3 unspecified atom stereocenters. The number of rotatable bonds is 3. The Kier molecular flexibility index (Phi) is 4.90. The van der Waals surface area contributed by atoms with E-state index in [2.05, 4.69) is 64.2 Å². The van der Waals surface area contributed by atoms with Crippen LogP contribution < -0.4 is 5.32 Å². The number of nitrogens with one attached hydrogen (secondary N) is 1. The van der Waals surface area contributed by atoms with Crippen LogP contribution in [0.5, 0.6) is 0 Å². The van der Waals surface area contributed by atoms with Gasteiger partial charge in [0.05, 0.1) is 0 Å². The van der Waals surface area contributed by atoms with Gasteiger partial charge in [-0.3, -0.25) is 0 Å². The molecule has 0 heterocycles. The van der Waals surface area contributed by atoms with Crippen molar-refractivity contribution in [2.75, 3.05) is 6.54 Å². The van der Waals surface area contributed by atoms with Crippen molar-refractivity contribution in [3.05, 3.63) is 35.4 Å². The van der Waals surface area contributed by atoms with Crippen molar-refractivity contribution in [1.29, 1.82) is 0 Å². The third kappa shape index (κ3) is 4.09. The molecule has 0 radical (unpaired) electrons.